The van der Waals surface area contributed by atoms with Crippen molar-refractivity contribution in [2.24, 2.45) is 11.8 Å². The van der Waals surface area contributed by atoms with Gasteiger partial charge in [0.25, 0.3) is 5.89 Å². The number of benzene rings is 1. The van der Waals surface area contributed by atoms with Crippen LogP contribution in [0.1, 0.15) is 22.7 Å². The number of aryl methyl sites for hydroxylation is 1. The molecule has 2 N–H and O–H groups in total. The molecule has 4 heterocycles. The molecule has 3 aromatic heterocycles. The predicted octanol–water partition coefficient (Wildman–Crippen LogP) is 2.46. The van der Waals surface area contributed by atoms with Gasteiger partial charge < -0.3 is 14.6 Å². The van der Waals surface area contributed by atoms with Crippen LogP contribution in [0.4, 0.5) is 12.0 Å². The second-order valence-electron chi connectivity index (χ2n) is 8.50. The zero-order chi connectivity index (χ0) is 21.5. The minimum Gasteiger partial charge on any atom is -0.403 e. The van der Waals surface area contributed by atoms with E-state index in [1.807, 2.05) is 6.20 Å². The van der Waals surface area contributed by atoms with Crippen LogP contribution in [-0.2, 0) is 6.42 Å². The van der Waals surface area contributed by atoms with Gasteiger partial charge >= 0.3 is 6.01 Å². The van der Waals surface area contributed by atoms with E-state index in [9.17, 15) is 0 Å². The molecule has 1 unspecified atom stereocenters. The Labute approximate surface area is 184 Å². The highest BCUT2D eigenvalue weighted by Crippen LogP contribution is 2.58. The first-order valence-electron chi connectivity index (χ1n) is 10.8. The first kappa shape index (κ1) is 18.9. The number of nitrogens with one attached hydrogen (secondary N) is 2. The summed E-state index contributed by atoms with van der Waals surface area (Å²) in [7, 11) is 0. The van der Waals surface area contributed by atoms with Crippen molar-refractivity contribution in [1.82, 2.24) is 35.6 Å². The third-order valence-corrected chi connectivity index (χ3v) is 6.37. The molecule has 6 rings (SSSR count). The molecule has 0 spiro atoms. The average molecular weight is 429 g/mol. The Morgan fingerprint density at radius 3 is 2.56 bits per heavy atom. The highest BCUT2D eigenvalue weighted by Gasteiger charge is 2.58. The zero-order valence-corrected chi connectivity index (χ0v) is 17.6. The normalized spacial score (nSPS) is 21.5. The molecule has 2 fully saturated rings. The lowest BCUT2D eigenvalue weighted by molar-refractivity contribution is 0.543. The van der Waals surface area contributed by atoms with Gasteiger partial charge in [0.2, 0.25) is 5.95 Å². The number of fused-ring (bicyclic) bond motifs is 1. The van der Waals surface area contributed by atoms with Gasteiger partial charge in [0, 0.05) is 37.9 Å². The SMILES string of the molecule is Cc1ccc(CCNc2ncc(-c3nnc(N4C[C@@H]5C(c6cn[nH]n6)[C@@H]5C4)o3)cn2)cc1. The van der Waals surface area contributed by atoms with Gasteiger partial charge in [0.1, 0.15) is 0 Å². The summed E-state index contributed by atoms with van der Waals surface area (Å²) in [4.78, 5) is 10.9. The highest BCUT2D eigenvalue weighted by molar-refractivity contribution is 5.52. The number of anilines is 2. The summed E-state index contributed by atoms with van der Waals surface area (Å²) in [6.45, 7) is 4.64. The maximum absolute atomic E-state index is 5.91. The lowest BCUT2D eigenvalue weighted by Gasteiger charge is -2.15. The Bertz CT molecular complexity index is 1180. The number of H-pyrrole nitrogens is 1. The summed E-state index contributed by atoms with van der Waals surface area (Å²) < 4.78 is 5.91. The van der Waals surface area contributed by atoms with Crippen LogP contribution in [0.2, 0.25) is 0 Å². The number of aromatic amines is 1. The summed E-state index contributed by atoms with van der Waals surface area (Å²) in [5.74, 6) is 2.65. The van der Waals surface area contributed by atoms with E-state index in [2.05, 4.69) is 77.0 Å². The van der Waals surface area contributed by atoms with E-state index < -0.39 is 0 Å². The molecule has 162 valence electrons. The maximum atomic E-state index is 5.91. The number of rotatable bonds is 7. The van der Waals surface area contributed by atoms with E-state index >= 15 is 0 Å². The number of hydrogen-bond donors (Lipinski definition) is 2. The second-order valence-corrected chi connectivity index (χ2v) is 8.50. The standard InChI is InChI=1S/C22H23N9O/c1-13-2-4-14(5-3-13)6-7-23-21-24-8-15(9-25-21)20-28-29-22(32-20)31-11-16-17(12-31)19(16)18-10-26-30-27-18/h2-5,8-10,16-17,19H,6-7,11-12H2,1H3,(H,23,24,25)(H,26,27,30)/t16-,17+,19?. The van der Waals surface area contributed by atoms with Crippen molar-refractivity contribution in [3.63, 3.8) is 0 Å². The number of hydrogen-bond acceptors (Lipinski definition) is 9. The van der Waals surface area contributed by atoms with E-state index in [0.29, 0.717) is 41.2 Å². The van der Waals surface area contributed by atoms with Crippen molar-refractivity contribution in [3.05, 3.63) is 59.7 Å². The predicted molar refractivity (Wildman–Crippen MR) is 117 cm³/mol. The third kappa shape index (κ3) is 3.57. The smallest absolute Gasteiger partial charge is 0.318 e. The van der Waals surface area contributed by atoms with Crippen LogP contribution >= 0.6 is 0 Å². The molecular formula is C22H23N9O. The molecule has 0 radical (unpaired) electrons. The van der Waals surface area contributed by atoms with Crippen molar-refractivity contribution in [3.8, 4) is 11.5 Å². The Kier molecular flexibility index (Phi) is 4.55. The molecule has 32 heavy (non-hydrogen) atoms. The lowest BCUT2D eigenvalue weighted by atomic mass is 10.1. The van der Waals surface area contributed by atoms with Crippen LogP contribution < -0.4 is 10.2 Å². The quantitative estimate of drug-likeness (QED) is 0.456. The molecular weight excluding hydrogens is 406 g/mol. The van der Waals surface area contributed by atoms with Gasteiger partial charge in [-0.25, -0.2) is 9.97 Å². The molecule has 2 aliphatic rings. The third-order valence-electron chi connectivity index (χ3n) is 6.37. The number of aromatic nitrogens is 7. The molecule has 1 aromatic carbocycles. The maximum Gasteiger partial charge on any atom is 0.318 e. The highest BCUT2D eigenvalue weighted by atomic mass is 16.4. The molecule has 1 saturated carbocycles. The summed E-state index contributed by atoms with van der Waals surface area (Å²) in [5.41, 5.74) is 4.31. The van der Waals surface area contributed by atoms with E-state index in [0.717, 1.165) is 31.7 Å². The Morgan fingerprint density at radius 2 is 1.84 bits per heavy atom. The summed E-state index contributed by atoms with van der Waals surface area (Å²) in [5, 5.41) is 22.5. The number of piperidine rings is 1. The molecule has 4 aromatic rings. The van der Waals surface area contributed by atoms with Crippen molar-refractivity contribution in [1.29, 1.82) is 0 Å². The van der Waals surface area contributed by atoms with Crippen LogP contribution in [-0.4, -0.2) is 55.2 Å². The molecule has 0 amide bonds. The van der Waals surface area contributed by atoms with Crippen LogP contribution in [0.5, 0.6) is 0 Å². The van der Waals surface area contributed by atoms with Crippen molar-refractivity contribution in [2.45, 2.75) is 19.3 Å². The van der Waals surface area contributed by atoms with Gasteiger partial charge in [-0.05, 0) is 30.7 Å². The largest absolute Gasteiger partial charge is 0.403 e. The van der Waals surface area contributed by atoms with E-state index in [1.165, 1.54) is 11.1 Å². The summed E-state index contributed by atoms with van der Waals surface area (Å²) in [6.07, 6.45) is 6.15. The minimum absolute atomic E-state index is 0.430. The van der Waals surface area contributed by atoms with E-state index in [4.69, 9.17) is 4.42 Å². The average Bonchev–Trinajstić information content (AvgIpc) is 3.35. The minimum atomic E-state index is 0.430. The first-order valence-corrected chi connectivity index (χ1v) is 10.8. The molecule has 10 nitrogen and oxygen atoms in total. The fraction of sp³-hybridized carbons (Fsp3) is 0.364. The van der Waals surface area contributed by atoms with E-state index in [1.54, 1.807) is 12.4 Å². The second kappa shape index (κ2) is 7.70. The zero-order valence-electron chi connectivity index (χ0n) is 17.6. The van der Waals surface area contributed by atoms with Gasteiger partial charge in [-0.15, -0.1) is 5.10 Å². The van der Waals surface area contributed by atoms with Crippen LogP contribution in [0.25, 0.3) is 11.5 Å². The van der Waals surface area contributed by atoms with Gasteiger partial charge in [-0.2, -0.15) is 15.4 Å². The molecule has 0 bridgehead atoms. The Morgan fingerprint density at radius 1 is 1.06 bits per heavy atom. The fourth-order valence-corrected chi connectivity index (χ4v) is 4.56. The molecule has 10 heteroatoms. The van der Waals surface area contributed by atoms with Crippen molar-refractivity contribution >= 4 is 12.0 Å². The molecule has 1 aliphatic carbocycles. The lowest BCUT2D eigenvalue weighted by Crippen LogP contribution is -2.23. The van der Waals surface area contributed by atoms with Gasteiger partial charge in [0.05, 0.1) is 17.5 Å². The topological polar surface area (TPSA) is 122 Å². The van der Waals surface area contributed by atoms with Crippen molar-refractivity contribution in [2.75, 3.05) is 29.9 Å². The van der Waals surface area contributed by atoms with Crippen LogP contribution in [0.3, 0.4) is 0 Å². The van der Waals surface area contributed by atoms with Crippen LogP contribution in [0.15, 0.2) is 47.3 Å². The fourth-order valence-electron chi connectivity index (χ4n) is 4.56. The van der Waals surface area contributed by atoms with Gasteiger partial charge in [0.15, 0.2) is 0 Å². The van der Waals surface area contributed by atoms with Gasteiger partial charge in [-0.1, -0.05) is 34.9 Å². The van der Waals surface area contributed by atoms with Crippen LogP contribution in [0, 0.1) is 18.8 Å². The van der Waals surface area contributed by atoms with Crippen molar-refractivity contribution < 1.29 is 4.42 Å². The first-order chi connectivity index (χ1) is 15.7. The number of nitrogens with zero attached hydrogens (tertiary/aromatic N) is 7. The Hall–Kier alpha value is -3.82. The van der Waals surface area contributed by atoms with E-state index in [-0.39, 0.29) is 0 Å². The Balaban J connectivity index is 1.03. The molecule has 1 saturated heterocycles. The molecule has 1 aliphatic heterocycles. The molecule has 3 atom stereocenters. The summed E-state index contributed by atoms with van der Waals surface area (Å²) >= 11 is 0. The van der Waals surface area contributed by atoms with Gasteiger partial charge in [-0.3, -0.25) is 0 Å². The summed E-state index contributed by atoms with van der Waals surface area (Å²) in [6, 6.07) is 9.09. The monoisotopic (exact) mass is 429 g/mol.